The Labute approximate surface area is 236 Å². The van der Waals surface area contributed by atoms with Gasteiger partial charge in [-0.1, -0.05) is 55.4 Å². The summed E-state index contributed by atoms with van der Waals surface area (Å²) in [6, 6.07) is 0. The third-order valence-corrected chi connectivity index (χ3v) is 14.3. The molecule has 0 spiro atoms. The molecule has 5 rings (SSSR count). The Hall–Kier alpha value is -1.39. The third kappa shape index (κ3) is 3.79. The molecule has 0 bridgehead atoms. The summed E-state index contributed by atoms with van der Waals surface area (Å²) in [5.41, 5.74) is -0.984. The second-order valence-electron chi connectivity index (χ2n) is 16.8. The Morgan fingerprint density at radius 2 is 1.51 bits per heavy atom. The van der Waals surface area contributed by atoms with Gasteiger partial charge in [-0.3, -0.25) is 14.4 Å². The zero-order valence-corrected chi connectivity index (χ0v) is 26.4. The third-order valence-electron chi connectivity index (χ3n) is 14.3. The van der Waals surface area contributed by atoms with E-state index in [1.54, 1.807) is 6.92 Å². The van der Waals surface area contributed by atoms with Crippen LogP contribution in [0, 0.1) is 62.1 Å². The number of hydrogen-bond donors (Lipinski definition) is 0. The number of ketones is 1. The number of carbonyl (C=O) groups excluding carboxylic acids is 3. The standard InChI is InChI=1S/C34H54O5/c1-20-11-12-31(7)25-17-23(36)26-22-18-29(3,4)13-15-34(22,28(37)38-10)16-14-32(26,8)33(25,9)19-24(39-21(2)35)27(31)30(20,5)6/h20,22,24-27H,11-19H2,1-10H3/t20-,22-,24+,25+,26-,27-,31+,32+,33+,34-/m0/s1. The van der Waals surface area contributed by atoms with Crippen LogP contribution >= 0.6 is 0 Å². The molecule has 0 aliphatic heterocycles. The van der Waals surface area contributed by atoms with Crippen LogP contribution in [0.3, 0.4) is 0 Å². The zero-order chi connectivity index (χ0) is 29.0. The lowest BCUT2D eigenvalue weighted by molar-refractivity contribution is -0.268. The highest BCUT2D eigenvalue weighted by molar-refractivity contribution is 5.87. The van der Waals surface area contributed by atoms with Gasteiger partial charge in [0.05, 0.1) is 12.5 Å². The van der Waals surface area contributed by atoms with E-state index in [1.807, 2.05) is 0 Å². The van der Waals surface area contributed by atoms with E-state index < -0.39 is 5.41 Å². The second-order valence-corrected chi connectivity index (χ2v) is 16.8. The van der Waals surface area contributed by atoms with Gasteiger partial charge in [-0.2, -0.15) is 0 Å². The molecule has 0 saturated heterocycles. The van der Waals surface area contributed by atoms with E-state index in [4.69, 9.17) is 9.47 Å². The molecular formula is C34H54O5. The Morgan fingerprint density at radius 3 is 2.13 bits per heavy atom. The van der Waals surface area contributed by atoms with Crippen LogP contribution in [0.25, 0.3) is 0 Å². The number of ether oxygens (including phenoxy) is 2. The van der Waals surface area contributed by atoms with E-state index in [0.717, 1.165) is 51.4 Å². The average Bonchev–Trinajstić information content (AvgIpc) is 2.82. The van der Waals surface area contributed by atoms with Crippen LogP contribution in [0.5, 0.6) is 0 Å². The van der Waals surface area contributed by atoms with Gasteiger partial charge in [0.25, 0.3) is 0 Å². The SMILES string of the molecule is COC(=O)[C@]12CCC(C)(C)C[C@H]1[C@H]1C(=O)C[C@@H]3[C@@]4(C)CC[C@H](C)C(C)(C)[C@@H]4[C@H](OC(C)=O)C[C@@]3(C)[C@]1(C)CC2. The molecule has 5 aliphatic rings. The summed E-state index contributed by atoms with van der Waals surface area (Å²) in [7, 11) is 1.51. The topological polar surface area (TPSA) is 69.7 Å². The fraction of sp³-hybridized carbons (Fsp3) is 0.912. The van der Waals surface area contributed by atoms with Gasteiger partial charge in [0.1, 0.15) is 11.9 Å². The first-order chi connectivity index (χ1) is 17.9. The number of esters is 2. The molecule has 5 heteroatoms. The number of Topliss-reactive ketones (excluding diaryl/α,β-unsaturated/α-hetero) is 1. The van der Waals surface area contributed by atoms with Crippen LogP contribution in [-0.4, -0.2) is 30.9 Å². The fourth-order valence-electron chi connectivity index (χ4n) is 11.9. The summed E-state index contributed by atoms with van der Waals surface area (Å²) in [6.45, 7) is 20.4. The Balaban J connectivity index is 1.65. The smallest absolute Gasteiger partial charge is 0.312 e. The molecule has 0 radical (unpaired) electrons. The first-order valence-electron chi connectivity index (χ1n) is 15.7. The van der Waals surface area contributed by atoms with Gasteiger partial charge in [-0.05, 0) is 96.2 Å². The van der Waals surface area contributed by atoms with Gasteiger partial charge in [-0.15, -0.1) is 0 Å². The monoisotopic (exact) mass is 542 g/mol. The highest BCUT2D eigenvalue weighted by Gasteiger charge is 2.74. The van der Waals surface area contributed by atoms with Gasteiger partial charge in [0, 0.05) is 25.2 Å². The molecule has 5 fully saturated rings. The Bertz CT molecular complexity index is 1060. The van der Waals surface area contributed by atoms with Crippen molar-refractivity contribution < 1.29 is 23.9 Å². The maximum Gasteiger partial charge on any atom is 0.312 e. The molecule has 0 aromatic heterocycles. The first kappa shape index (κ1) is 29.1. The number of methoxy groups -OCH3 is 1. The molecule has 0 unspecified atom stereocenters. The van der Waals surface area contributed by atoms with Crippen molar-refractivity contribution in [1.29, 1.82) is 0 Å². The summed E-state index contributed by atoms with van der Waals surface area (Å²) in [5, 5.41) is 0. The van der Waals surface area contributed by atoms with E-state index >= 15 is 0 Å². The molecule has 0 amide bonds. The molecule has 0 aromatic carbocycles. The Kier molecular flexibility index (Phi) is 6.57. The first-order valence-corrected chi connectivity index (χ1v) is 15.7. The molecule has 0 heterocycles. The lowest BCUT2D eigenvalue weighted by Crippen LogP contribution is -2.72. The van der Waals surface area contributed by atoms with E-state index in [0.29, 0.717) is 18.1 Å². The highest BCUT2D eigenvalue weighted by atomic mass is 16.5. The van der Waals surface area contributed by atoms with E-state index in [-0.39, 0.29) is 68.8 Å². The molecule has 220 valence electrons. The minimum absolute atomic E-state index is 0.00162. The van der Waals surface area contributed by atoms with Crippen molar-refractivity contribution in [2.24, 2.45) is 62.1 Å². The largest absolute Gasteiger partial charge is 0.469 e. The molecule has 0 aromatic rings. The number of fused-ring (bicyclic) bond motifs is 7. The van der Waals surface area contributed by atoms with Crippen molar-refractivity contribution in [2.75, 3.05) is 7.11 Å². The van der Waals surface area contributed by atoms with Crippen molar-refractivity contribution >= 4 is 17.7 Å². The highest BCUT2D eigenvalue weighted by Crippen LogP contribution is 2.77. The normalized spacial score (nSPS) is 49.9. The van der Waals surface area contributed by atoms with Crippen molar-refractivity contribution in [3.8, 4) is 0 Å². The number of rotatable bonds is 2. The van der Waals surface area contributed by atoms with E-state index in [2.05, 4.69) is 55.4 Å². The maximum atomic E-state index is 14.6. The molecule has 10 atom stereocenters. The average molecular weight is 543 g/mol. The predicted molar refractivity (Wildman–Crippen MR) is 152 cm³/mol. The van der Waals surface area contributed by atoms with Crippen molar-refractivity contribution in [3.63, 3.8) is 0 Å². The van der Waals surface area contributed by atoms with Crippen LogP contribution in [0.2, 0.25) is 0 Å². The summed E-state index contributed by atoms with van der Waals surface area (Å²) < 4.78 is 11.8. The van der Waals surface area contributed by atoms with Crippen LogP contribution in [-0.2, 0) is 23.9 Å². The fourth-order valence-corrected chi connectivity index (χ4v) is 11.9. The van der Waals surface area contributed by atoms with Crippen molar-refractivity contribution in [1.82, 2.24) is 0 Å². The summed E-state index contributed by atoms with van der Waals surface area (Å²) >= 11 is 0. The summed E-state index contributed by atoms with van der Waals surface area (Å²) in [4.78, 5) is 40.7. The van der Waals surface area contributed by atoms with Gasteiger partial charge >= 0.3 is 11.9 Å². The van der Waals surface area contributed by atoms with Crippen LogP contribution in [0.1, 0.15) is 120 Å². The minimum Gasteiger partial charge on any atom is -0.469 e. The van der Waals surface area contributed by atoms with Crippen LogP contribution in [0.15, 0.2) is 0 Å². The van der Waals surface area contributed by atoms with Crippen LogP contribution in [0.4, 0.5) is 0 Å². The quantitative estimate of drug-likeness (QED) is 0.340. The molecule has 5 nitrogen and oxygen atoms in total. The molecule has 5 aliphatic carbocycles. The number of carbonyl (C=O) groups is 3. The van der Waals surface area contributed by atoms with Crippen LogP contribution < -0.4 is 0 Å². The van der Waals surface area contributed by atoms with Crippen molar-refractivity contribution in [2.45, 2.75) is 126 Å². The second kappa shape index (κ2) is 8.81. The maximum absolute atomic E-state index is 14.6. The molecule has 5 saturated carbocycles. The summed E-state index contributed by atoms with van der Waals surface area (Å²) in [6.07, 6.45) is 7.72. The minimum atomic E-state index is -0.564. The van der Waals surface area contributed by atoms with E-state index in [1.165, 1.54) is 7.11 Å². The zero-order valence-electron chi connectivity index (χ0n) is 26.4. The number of hydrogen-bond acceptors (Lipinski definition) is 5. The lowest BCUT2D eigenvalue weighted by atomic mass is 9.30. The van der Waals surface area contributed by atoms with Gasteiger partial charge in [0.15, 0.2) is 0 Å². The molecular weight excluding hydrogens is 488 g/mol. The molecule has 0 N–H and O–H groups in total. The summed E-state index contributed by atoms with van der Waals surface area (Å²) in [5.74, 6) is 0.882. The van der Waals surface area contributed by atoms with Gasteiger partial charge in [-0.25, -0.2) is 0 Å². The van der Waals surface area contributed by atoms with Gasteiger partial charge < -0.3 is 9.47 Å². The lowest BCUT2D eigenvalue weighted by Gasteiger charge is -2.73. The predicted octanol–water partition coefficient (Wildman–Crippen LogP) is 7.40. The molecule has 39 heavy (non-hydrogen) atoms. The van der Waals surface area contributed by atoms with Gasteiger partial charge in [0.2, 0.25) is 0 Å². The van der Waals surface area contributed by atoms with Crippen molar-refractivity contribution in [3.05, 3.63) is 0 Å². The van der Waals surface area contributed by atoms with E-state index in [9.17, 15) is 14.4 Å². The Morgan fingerprint density at radius 1 is 0.872 bits per heavy atom.